The molecular formula is C17H15Cl2NO2. The summed E-state index contributed by atoms with van der Waals surface area (Å²) in [4.78, 5) is 12.0. The van der Waals surface area contributed by atoms with E-state index in [2.05, 4.69) is 5.32 Å². The molecule has 1 N–H and O–H groups in total. The molecule has 2 rings (SSSR count). The molecule has 114 valence electrons. The zero-order chi connectivity index (χ0) is 15.9. The number of ether oxygens (including phenoxy) is 1. The Kier molecular flexibility index (Phi) is 5.87. The fraction of sp³-hybridized carbons (Fsp3) is 0.118. The van der Waals surface area contributed by atoms with E-state index >= 15 is 0 Å². The van der Waals surface area contributed by atoms with Crippen LogP contribution in [0.4, 0.5) is 5.69 Å². The van der Waals surface area contributed by atoms with Crippen molar-refractivity contribution in [2.24, 2.45) is 0 Å². The fourth-order valence-corrected chi connectivity index (χ4v) is 2.08. The first-order chi connectivity index (χ1) is 10.6. The maximum atomic E-state index is 12.0. The number of ketones is 1. The van der Waals surface area contributed by atoms with Gasteiger partial charge in [0.1, 0.15) is 5.75 Å². The molecule has 0 fully saturated rings. The van der Waals surface area contributed by atoms with Gasteiger partial charge in [0.15, 0.2) is 5.78 Å². The third-order valence-corrected chi connectivity index (χ3v) is 3.59. The average molecular weight is 336 g/mol. The number of allylic oxidation sites excluding steroid dienone is 1. The molecule has 22 heavy (non-hydrogen) atoms. The Labute approximate surface area is 139 Å². The van der Waals surface area contributed by atoms with Crippen molar-refractivity contribution in [2.45, 2.75) is 6.92 Å². The van der Waals surface area contributed by atoms with Gasteiger partial charge in [-0.25, -0.2) is 0 Å². The topological polar surface area (TPSA) is 38.3 Å². The molecule has 3 nitrogen and oxygen atoms in total. The summed E-state index contributed by atoms with van der Waals surface area (Å²) in [5, 5.41) is 3.92. The van der Waals surface area contributed by atoms with Gasteiger partial charge in [0.25, 0.3) is 0 Å². The minimum Gasteiger partial charge on any atom is -0.494 e. The van der Waals surface area contributed by atoms with E-state index in [0.29, 0.717) is 22.2 Å². The lowest BCUT2D eigenvalue weighted by Crippen LogP contribution is -1.97. The summed E-state index contributed by atoms with van der Waals surface area (Å²) >= 11 is 11.8. The predicted molar refractivity (Wildman–Crippen MR) is 91.2 cm³/mol. The van der Waals surface area contributed by atoms with Crippen molar-refractivity contribution in [1.82, 2.24) is 0 Å². The number of halogens is 2. The molecule has 0 amide bonds. The van der Waals surface area contributed by atoms with E-state index in [1.165, 1.54) is 6.08 Å². The summed E-state index contributed by atoms with van der Waals surface area (Å²) in [5.74, 6) is 0.646. The lowest BCUT2D eigenvalue weighted by atomic mass is 10.1. The Bertz CT molecular complexity index is 682. The van der Waals surface area contributed by atoms with Crippen LogP contribution < -0.4 is 10.1 Å². The normalized spacial score (nSPS) is 10.7. The second kappa shape index (κ2) is 7.87. The minimum absolute atomic E-state index is 0.101. The molecule has 2 aromatic carbocycles. The Balaban J connectivity index is 1.97. The number of hydrogen-bond acceptors (Lipinski definition) is 3. The molecule has 0 aliphatic carbocycles. The highest BCUT2D eigenvalue weighted by atomic mass is 35.5. The summed E-state index contributed by atoms with van der Waals surface area (Å²) < 4.78 is 5.34. The third-order valence-electron chi connectivity index (χ3n) is 2.85. The maximum Gasteiger partial charge on any atom is 0.187 e. The van der Waals surface area contributed by atoms with Crippen LogP contribution in [0.2, 0.25) is 10.0 Å². The van der Waals surface area contributed by atoms with Crippen molar-refractivity contribution in [3.05, 3.63) is 70.3 Å². The highest BCUT2D eigenvalue weighted by molar-refractivity contribution is 6.42. The first-order valence-corrected chi connectivity index (χ1v) is 7.51. The van der Waals surface area contributed by atoms with Crippen LogP contribution in [0, 0.1) is 0 Å². The number of rotatable bonds is 6. The first kappa shape index (κ1) is 16.4. The Hall–Kier alpha value is -1.97. The van der Waals surface area contributed by atoms with E-state index in [4.69, 9.17) is 27.9 Å². The van der Waals surface area contributed by atoms with Crippen LogP contribution >= 0.6 is 23.2 Å². The van der Waals surface area contributed by atoms with E-state index in [1.54, 1.807) is 48.7 Å². The first-order valence-electron chi connectivity index (χ1n) is 6.75. The van der Waals surface area contributed by atoms with E-state index in [1.807, 2.05) is 6.92 Å². The van der Waals surface area contributed by atoms with Gasteiger partial charge in [-0.2, -0.15) is 0 Å². The second-order valence-corrected chi connectivity index (χ2v) is 5.24. The van der Waals surface area contributed by atoms with E-state index in [9.17, 15) is 4.79 Å². The molecule has 0 saturated heterocycles. The smallest absolute Gasteiger partial charge is 0.187 e. The molecule has 2 aromatic rings. The molecule has 0 bridgehead atoms. The van der Waals surface area contributed by atoms with Gasteiger partial charge >= 0.3 is 0 Å². The van der Waals surface area contributed by atoms with Crippen LogP contribution in [0.5, 0.6) is 5.75 Å². The lowest BCUT2D eigenvalue weighted by molar-refractivity contribution is 0.104. The van der Waals surface area contributed by atoms with Crippen LogP contribution in [-0.2, 0) is 0 Å². The van der Waals surface area contributed by atoms with Crippen molar-refractivity contribution in [1.29, 1.82) is 0 Å². The lowest BCUT2D eigenvalue weighted by Gasteiger charge is -2.03. The maximum absolute atomic E-state index is 12.0. The number of anilines is 1. The molecule has 0 heterocycles. The molecule has 0 unspecified atom stereocenters. The van der Waals surface area contributed by atoms with Crippen LogP contribution in [0.1, 0.15) is 17.3 Å². The monoisotopic (exact) mass is 335 g/mol. The number of nitrogens with one attached hydrogen (secondary N) is 1. The standard InChI is InChI=1S/C17H15Cl2NO2/c1-2-22-14-6-3-12(4-7-14)17(21)9-10-20-13-5-8-15(18)16(19)11-13/h3-11,20H,2H2,1H3. The van der Waals surface area contributed by atoms with Crippen LogP contribution in [-0.4, -0.2) is 12.4 Å². The van der Waals surface area contributed by atoms with Crippen LogP contribution in [0.15, 0.2) is 54.7 Å². The molecule has 5 heteroatoms. The van der Waals surface area contributed by atoms with Gasteiger partial charge in [-0.15, -0.1) is 0 Å². The molecule has 0 spiro atoms. The highest BCUT2D eigenvalue weighted by Gasteiger charge is 2.02. The summed E-state index contributed by atoms with van der Waals surface area (Å²) in [6, 6.07) is 12.2. The molecule has 0 aliphatic heterocycles. The quantitative estimate of drug-likeness (QED) is 0.582. The van der Waals surface area contributed by atoms with Crippen molar-refractivity contribution in [3.63, 3.8) is 0 Å². The van der Waals surface area contributed by atoms with Crippen molar-refractivity contribution in [2.75, 3.05) is 11.9 Å². The summed E-state index contributed by atoms with van der Waals surface area (Å²) in [6.45, 7) is 2.51. The van der Waals surface area contributed by atoms with Gasteiger partial charge in [0.05, 0.1) is 16.7 Å². The number of benzene rings is 2. The van der Waals surface area contributed by atoms with Gasteiger partial charge in [-0.3, -0.25) is 4.79 Å². The van der Waals surface area contributed by atoms with E-state index < -0.39 is 0 Å². The van der Waals surface area contributed by atoms with Gasteiger partial charge in [-0.1, -0.05) is 23.2 Å². The van der Waals surface area contributed by atoms with Crippen molar-refractivity contribution < 1.29 is 9.53 Å². The van der Waals surface area contributed by atoms with E-state index in [-0.39, 0.29) is 5.78 Å². The Morgan fingerprint density at radius 2 is 1.86 bits per heavy atom. The van der Waals surface area contributed by atoms with Gasteiger partial charge < -0.3 is 10.1 Å². The minimum atomic E-state index is -0.101. The molecule has 0 aromatic heterocycles. The SMILES string of the molecule is CCOc1ccc(C(=O)C=CNc2ccc(Cl)c(Cl)c2)cc1. The summed E-state index contributed by atoms with van der Waals surface area (Å²) in [7, 11) is 0. The molecule has 0 aliphatic rings. The van der Waals surface area contributed by atoms with Gasteiger partial charge in [0.2, 0.25) is 0 Å². The summed E-state index contributed by atoms with van der Waals surface area (Å²) in [6.07, 6.45) is 3.02. The van der Waals surface area contributed by atoms with Gasteiger partial charge in [-0.05, 0) is 49.4 Å². The molecule has 0 radical (unpaired) electrons. The largest absolute Gasteiger partial charge is 0.494 e. The average Bonchev–Trinajstić information content (AvgIpc) is 2.52. The Morgan fingerprint density at radius 1 is 1.14 bits per heavy atom. The summed E-state index contributed by atoms with van der Waals surface area (Å²) in [5.41, 5.74) is 1.35. The molecule has 0 saturated carbocycles. The predicted octanol–water partition coefficient (Wildman–Crippen LogP) is 5.20. The number of carbonyl (C=O) groups is 1. The highest BCUT2D eigenvalue weighted by Crippen LogP contribution is 2.24. The molecular weight excluding hydrogens is 321 g/mol. The number of hydrogen-bond donors (Lipinski definition) is 1. The van der Waals surface area contributed by atoms with Crippen LogP contribution in [0.25, 0.3) is 0 Å². The Morgan fingerprint density at radius 3 is 2.50 bits per heavy atom. The van der Waals surface area contributed by atoms with Gasteiger partial charge in [0, 0.05) is 23.5 Å². The van der Waals surface area contributed by atoms with E-state index in [0.717, 1.165) is 11.4 Å². The van der Waals surface area contributed by atoms with Crippen molar-refractivity contribution in [3.8, 4) is 5.75 Å². The fourth-order valence-electron chi connectivity index (χ4n) is 1.78. The third kappa shape index (κ3) is 4.52. The zero-order valence-electron chi connectivity index (χ0n) is 12.0. The van der Waals surface area contributed by atoms with Crippen LogP contribution in [0.3, 0.4) is 0 Å². The van der Waals surface area contributed by atoms with Crippen molar-refractivity contribution >= 4 is 34.7 Å². The second-order valence-electron chi connectivity index (χ2n) is 4.43. The zero-order valence-corrected chi connectivity index (χ0v) is 13.5. The number of carbonyl (C=O) groups excluding carboxylic acids is 1. The molecule has 0 atom stereocenters.